The summed E-state index contributed by atoms with van der Waals surface area (Å²) in [6, 6.07) is 10.1. The molecule has 23 heavy (non-hydrogen) atoms. The highest BCUT2D eigenvalue weighted by Gasteiger charge is 2.34. The van der Waals surface area contributed by atoms with Crippen molar-refractivity contribution in [1.29, 1.82) is 0 Å². The lowest BCUT2D eigenvalue weighted by Crippen LogP contribution is -2.51. The first-order valence-electron chi connectivity index (χ1n) is 8.17. The summed E-state index contributed by atoms with van der Waals surface area (Å²) < 4.78 is 0. The number of nitrogens with one attached hydrogen (secondary N) is 1. The molecule has 0 aliphatic heterocycles. The fourth-order valence-corrected chi connectivity index (χ4v) is 3.21. The highest BCUT2D eigenvalue weighted by atomic mass is 16.1. The first-order chi connectivity index (χ1) is 11.1. The summed E-state index contributed by atoms with van der Waals surface area (Å²) in [5.41, 5.74) is 9.47. The van der Waals surface area contributed by atoms with Gasteiger partial charge in [0, 0.05) is 24.5 Å². The minimum absolute atomic E-state index is 0.0844. The third kappa shape index (κ3) is 3.42. The molecule has 1 amide bonds. The van der Waals surface area contributed by atoms with Crippen LogP contribution in [0.2, 0.25) is 0 Å². The van der Waals surface area contributed by atoms with Gasteiger partial charge in [-0.2, -0.15) is 0 Å². The van der Waals surface area contributed by atoms with Crippen LogP contribution in [0.4, 0.5) is 0 Å². The number of amides is 1. The lowest BCUT2D eigenvalue weighted by molar-refractivity contribution is 0.0903. The lowest BCUT2D eigenvalue weighted by Gasteiger charge is -2.28. The van der Waals surface area contributed by atoms with Crippen molar-refractivity contribution in [3.63, 3.8) is 0 Å². The van der Waals surface area contributed by atoms with Crippen molar-refractivity contribution in [1.82, 2.24) is 10.3 Å². The zero-order valence-electron chi connectivity index (χ0n) is 13.5. The molecule has 1 aliphatic carbocycles. The molecule has 1 aromatic heterocycles. The monoisotopic (exact) mass is 309 g/mol. The molecule has 0 bridgehead atoms. The lowest BCUT2D eigenvalue weighted by atomic mass is 9.97. The van der Waals surface area contributed by atoms with E-state index in [0.29, 0.717) is 12.1 Å². The minimum Gasteiger partial charge on any atom is -0.345 e. The Bertz CT molecular complexity index is 688. The van der Waals surface area contributed by atoms with Gasteiger partial charge in [-0.1, -0.05) is 42.7 Å². The van der Waals surface area contributed by atoms with Gasteiger partial charge >= 0.3 is 0 Å². The molecule has 1 saturated carbocycles. The molecule has 0 saturated heterocycles. The second-order valence-electron chi connectivity index (χ2n) is 6.47. The summed E-state index contributed by atoms with van der Waals surface area (Å²) in [6.45, 7) is 2.55. The number of pyridine rings is 1. The number of aromatic nitrogens is 1. The maximum absolute atomic E-state index is 12.6. The van der Waals surface area contributed by atoms with Crippen LogP contribution in [0.5, 0.6) is 0 Å². The highest BCUT2D eigenvalue weighted by Crippen LogP contribution is 2.29. The van der Waals surface area contributed by atoms with Crippen LogP contribution in [0.15, 0.2) is 42.7 Å². The normalized spacial score (nSPS) is 16.3. The third-order valence-corrected chi connectivity index (χ3v) is 4.72. The minimum atomic E-state index is -0.239. The Hall–Kier alpha value is -2.20. The molecule has 1 aromatic carbocycles. The van der Waals surface area contributed by atoms with E-state index in [1.165, 1.54) is 5.56 Å². The molecule has 2 aromatic rings. The number of carbonyl (C=O) groups is 1. The van der Waals surface area contributed by atoms with Crippen LogP contribution >= 0.6 is 0 Å². The van der Waals surface area contributed by atoms with Gasteiger partial charge in [0.05, 0.1) is 11.1 Å². The molecule has 3 N–H and O–H groups in total. The molecule has 4 nitrogen and oxygen atoms in total. The van der Waals surface area contributed by atoms with Crippen LogP contribution in [0.1, 0.15) is 41.6 Å². The SMILES string of the molecule is Cc1ccc(-c2cncc(C(=O)NC3(CN)CCCC3)c2)cc1. The van der Waals surface area contributed by atoms with Gasteiger partial charge in [-0.15, -0.1) is 0 Å². The fourth-order valence-electron chi connectivity index (χ4n) is 3.21. The Kier molecular flexibility index (Phi) is 4.44. The largest absolute Gasteiger partial charge is 0.345 e. The summed E-state index contributed by atoms with van der Waals surface area (Å²) >= 11 is 0. The summed E-state index contributed by atoms with van der Waals surface area (Å²) in [6.07, 6.45) is 7.57. The molecule has 0 atom stereocenters. The van der Waals surface area contributed by atoms with E-state index in [1.807, 2.05) is 18.2 Å². The predicted molar refractivity (Wildman–Crippen MR) is 92.1 cm³/mol. The van der Waals surface area contributed by atoms with Crippen molar-refractivity contribution >= 4 is 5.91 Å². The van der Waals surface area contributed by atoms with Crippen LogP contribution in [0.25, 0.3) is 11.1 Å². The standard InChI is InChI=1S/C19H23N3O/c1-14-4-6-15(7-5-14)16-10-17(12-21-11-16)18(23)22-19(13-20)8-2-3-9-19/h4-7,10-12H,2-3,8-9,13,20H2,1H3,(H,22,23). The van der Waals surface area contributed by atoms with Gasteiger partial charge in [-0.3, -0.25) is 9.78 Å². The van der Waals surface area contributed by atoms with Crippen molar-refractivity contribution in [3.8, 4) is 11.1 Å². The fraction of sp³-hybridized carbons (Fsp3) is 0.368. The maximum atomic E-state index is 12.6. The molecule has 120 valence electrons. The zero-order chi connectivity index (χ0) is 16.3. The first-order valence-corrected chi connectivity index (χ1v) is 8.17. The number of rotatable bonds is 4. The molecule has 1 heterocycles. The number of carbonyl (C=O) groups excluding carboxylic acids is 1. The summed E-state index contributed by atoms with van der Waals surface area (Å²) in [5.74, 6) is -0.0844. The first kappa shape index (κ1) is 15.7. The topological polar surface area (TPSA) is 68.0 Å². The van der Waals surface area contributed by atoms with Crippen LogP contribution in [0, 0.1) is 6.92 Å². The molecular weight excluding hydrogens is 286 g/mol. The van der Waals surface area contributed by atoms with Gasteiger partial charge < -0.3 is 11.1 Å². The van der Waals surface area contributed by atoms with Crippen LogP contribution in [-0.2, 0) is 0 Å². The van der Waals surface area contributed by atoms with Gasteiger partial charge in [0.2, 0.25) is 0 Å². The van der Waals surface area contributed by atoms with E-state index in [9.17, 15) is 4.79 Å². The third-order valence-electron chi connectivity index (χ3n) is 4.72. The summed E-state index contributed by atoms with van der Waals surface area (Å²) in [4.78, 5) is 16.8. The highest BCUT2D eigenvalue weighted by molar-refractivity contribution is 5.95. The van der Waals surface area contributed by atoms with Gasteiger partial charge in [0.25, 0.3) is 5.91 Å². The number of aryl methyl sites for hydroxylation is 1. The van der Waals surface area contributed by atoms with Crippen LogP contribution < -0.4 is 11.1 Å². The van der Waals surface area contributed by atoms with Crippen molar-refractivity contribution in [2.24, 2.45) is 5.73 Å². The van der Waals surface area contributed by atoms with Gasteiger partial charge in [-0.05, 0) is 31.4 Å². The quantitative estimate of drug-likeness (QED) is 0.912. The Morgan fingerprint density at radius 3 is 2.52 bits per heavy atom. The molecule has 0 spiro atoms. The molecule has 1 fully saturated rings. The number of nitrogens with two attached hydrogens (primary N) is 1. The second kappa shape index (κ2) is 6.50. The van der Waals surface area contributed by atoms with E-state index in [1.54, 1.807) is 12.4 Å². The average molecular weight is 309 g/mol. The van der Waals surface area contributed by atoms with E-state index in [0.717, 1.165) is 36.8 Å². The number of hydrogen-bond donors (Lipinski definition) is 2. The molecule has 4 heteroatoms. The number of hydrogen-bond acceptors (Lipinski definition) is 3. The predicted octanol–water partition coefficient (Wildman–Crippen LogP) is 3.06. The van der Waals surface area contributed by atoms with E-state index in [4.69, 9.17) is 5.73 Å². The molecule has 3 rings (SSSR count). The van der Waals surface area contributed by atoms with E-state index < -0.39 is 0 Å². The Morgan fingerprint density at radius 1 is 1.17 bits per heavy atom. The Balaban J connectivity index is 1.81. The zero-order valence-corrected chi connectivity index (χ0v) is 13.5. The van der Waals surface area contributed by atoms with Crippen molar-refractivity contribution < 1.29 is 4.79 Å². The van der Waals surface area contributed by atoms with E-state index in [2.05, 4.69) is 29.4 Å². The Morgan fingerprint density at radius 2 is 1.87 bits per heavy atom. The molecular formula is C19H23N3O. The van der Waals surface area contributed by atoms with E-state index in [-0.39, 0.29) is 11.4 Å². The van der Waals surface area contributed by atoms with Gasteiger partial charge in [-0.25, -0.2) is 0 Å². The average Bonchev–Trinajstić information content (AvgIpc) is 3.05. The van der Waals surface area contributed by atoms with Crippen molar-refractivity contribution in [2.45, 2.75) is 38.1 Å². The molecule has 0 unspecified atom stereocenters. The summed E-state index contributed by atoms with van der Waals surface area (Å²) in [7, 11) is 0. The number of nitrogens with zero attached hydrogens (tertiary/aromatic N) is 1. The van der Waals surface area contributed by atoms with Crippen LogP contribution in [0.3, 0.4) is 0 Å². The Labute approximate surface area is 137 Å². The van der Waals surface area contributed by atoms with Gasteiger partial charge in [0.1, 0.15) is 0 Å². The molecule has 1 aliphatic rings. The van der Waals surface area contributed by atoms with Crippen molar-refractivity contribution in [2.75, 3.05) is 6.54 Å². The smallest absolute Gasteiger partial charge is 0.253 e. The maximum Gasteiger partial charge on any atom is 0.253 e. The number of benzene rings is 1. The molecule has 0 radical (unpaired) electrons. The second-order valence-corrected chi connectivity index (χ2v) is 6.47. The van der Waals surface area contributed by atoms with Gasteiger partial charge in [0.15, 0.2) is 0 Å². The summed E-state index contributed by atoms with van der Waals surface area (Å²) in [5, 5.41) is 3.14. The van der Waals surface area contributed by atoms with Crippen molar-refractivity contribution in [3.05, 3.63) is 53.9 Å². The van der Waals surface area contributed by atoms with E-state index >= 15 is 0 Å². The van der Waals surface area contributed by atoms with Crippen LogP contribution in [-0.4, -0.2) is 23.0 Å².